The smallest absolute Gasteiger partial charge is 0.238 e. The Morgan fingerprint density at radius 3 is 2.38 bits per heavy atom. The van der Waals surface area contributed by atoms with Crippen LogP contribution in [-0.4, -0.2) is 46.8 Å². The number of fused-ring (bicyclic) bond motifs is 1. The van der Waals surface area contributed by atoms with E-state index in [1.54, 1.807) is 0 Å². The lowest BCUT2D eigenvalue weighted by Gasteiger charge is -2.56. The van der Waals surface area contributed by atoms with Gasteiger partial charge in [-0.05, 0) is 67.6 Å². The van der Waals surface area contributed by atoms with Gasteiger partial charge in [0.15, 0.2) is 5.23 Å². The second kappa shape index (κ2) is 12.4. The monoisotopic (exact) mass is 568 g/mol. The first-order valence-electron chi connectivity index (χ1n) is 13.3. The second-order valence-corrected chi connectivity index (χ2v) is 12.8. The predicted molar refractivity (Wildman–Crippen MR) is 149 cm³/mol. The maximum absolute atomic E-state index is 15.5. The van der Waals surface area contributed by atoms with Gasteiger partial charge in [-0.2, -0.15) is 13.2 Å². The molecule has 4 rings (SSSR count). The molecule has 3 nitrogen and oxygen atoms in total. The summed E-state index contributed by atoms with van der Waals surface area (Å²) in [4.78, 5) is 13.1. The largest absolute Gasteiger partial charge is 0.416 e. The molecule has 0 bridgehead atoms. The molecule has 9 heteroatoms. The molecular weight excluding hydrogens is 531 g/mol. The van der Waals surface area contributed by atoms with Crippen molar-refractivity contribution in [3.8, 4) is 0 Å². The van der Waals surface area contributed by atoms with E-state index in [1.807, 2.05) is 19.9 Å². The van der Waals surface area contributed by atoms with Crippen molar-refractivity contribution in [1.82, 2.24) is 10.0 Å². The molecule has 2 saturated heterocycles. The Morgan fingerprint density at radius 2 is 1.82 bits per heavy atom. The molecule has 0 N–H and O–H groups in total. The quantitative estimate of drug-likeness (QED) is 0.201. The standard InChI is InChI=1S/C28H31F5N2OS.C2H6/c1-4-13-34-18-20(5-2)15-23-17-27(12-14-35(23)34,25-16-22(29)8-11-26(25)30)37(3,19-36)24-9-6-21(7-10-24)28(31,32)33;1-2/h4,6-11,16,20,23H,1,3,5,12-15,17-18H2,2H3;1-2H3/t20?,23-,27-,37?;/m0./s1. The Labute approximate surface area is 228 Å². The summed E-state index contributed by atoms with van der Waals surface area (Å²) < 4.78 is 68.5. The molecule has 2 aromatic carbocycles. The molecule has 0 spiro atoms. The SMILES string of the molecule is C=CCN1CC(CC)C[C@H]2C[C@@](c3cc(F)ccc3F)(S(=C)(=C=O)c3ccc(C(F)(F)F)cc3)CCN21.CC. The van der Waals surface area contributed by atoms with Crippen LogP contribution in [0.5, 0.6) is 0 Å². The number of carbonyl (C=O) groups excluding carboxylic acids is 1. The average Bonchev–Trinajstić information content (AvgIpc) is 2.94. The molecule has 214 valence electrons. The number of nitrogens with zero attached hydrogens (tertiary/aromatic N) is 2. The summed E-state index contributed by atoms with van der Waals surface area (Å²) in [5, 5.41) is 6.50. The summed E-state index contributed by atoms with van der Waals surface area (Å²) in [5.41, 5.74) is -0.822. The van der Waals surface area contributed by atoms with Crippen LogP contribution in [0.3, 0.4) is 0 Å². The summed E-state index contributed by atoms with van der Waals surface area (Å²) in [6.45, 7) is 11.9. The number of alkyl halides is 3. The van der Waals surface area contributed by atoms with E-state index < -0.39 is 37.3 Å². The van der Waals surface area contributed by atoms with Crippen molar-refractivity contribution in [3.05, 3.63) is 77.9 Å². The van der Waals surface area contributed by atoms with E-state index >= 15 is 4.39 Å². The van der Waals surface area contributed by atoms with Gasteiger partial charge in [0.05, 0.1) is 10.3 Å². The molecule has 2 unspecified atom stereocenters. The number of halogens is 5. The number of hydrogen-bond acceptors (Lipinski definition) is 3. The van der Waals surface area contributed by atoms with Crippen LogP contribution in [0.4, 0.5) is 22.0 Å². The minimum atomic E-state index is -4.55. The minimum Gasteiger partial charge on any atom is -0.238 e. The number of benzene rings is 2. The third-order valence-corrected chi connectivity index (χ3v) is 11.2. The first-order valence-corrected chi connectivity index (χ1v) is 15.1. The number of rotatable bonds is 6. The zero-order valence-electron chi connectivity index (χ0n) is 22.7. The van der Waals surface area contributed by atoms with Gasteiger partial charge >= 0.3 is 6.18 Å². The Kier molecular flexibility index (Phi) is 9.87. The van der Waals surface area contributed by atoms with E-state index in [0.717, 1.165) is 49.7 Å². The molecule has 0 saturated carbocycles. The first kappa shape index (κ1) is 31.1. The maximum Gasteiger partial charge on any atom is 0.416 e. The third kappa shape index (κ3) is 5.87. The van der Waals surface area contributed by atoms with Crippen LogP contribution in [0, 0.1) is 17.6 Å². The van der Waals surface area contributed by atoms with Gasteiger partial charge in [0.1, 0.15) is 11.6 Å². The number of hydrazine groups is 1. The molecule has 0 radical (unpaired) electrons. The molecule has 0 aromatic heterocycles. The molecule has 2 aliphatic rings. The zero-order valence-corrected chi connectivity index (χ0v) is 23.6. The third-order valence-electron chi connectivity index (χ3n) is 7.90. The van der Waals surface area contributed by atoms with Gasteiger partial charge in [0, 0.05) is 36.1 Å². The zero-order chi connectivity index (χ0) is 29.0. The highest BCUT2D eigenvalue weighted by molar-refractivity contribution is 8.28. The topological polar surface area (TPSA) is 23.6 Å². The van der Waals surface area contributed by atoms with Crippen LogP contribution in [0.1, 0.15) is 57.6 Å². The summed E-state index contributed by atoms with van der Waals surface area (Å²) in [7, 11) is -2.97. The summed E-state index contributed by atoms with van der Waals surface area (Å²) in [6, 6.07) is 7.36. The fourth-order valence-electron chi connectivity index (χ4n) is 5.95. The predicted octanol–water partition coefficient (Wildman–Crippen LogP) is 7.87. The highest BCUT2D eigenvalue weighted by Crippen LogP contribution is 2.60. The molecule has 39 heavy (non-hydrogen) atoms. The highest BCUT2D eigenvalue weighted by atomic mass is 32.2. The second-order valence-electron chi connectivity index (χ2n) is 9.90. The van der Waals surface area contributed by atoms with E-state index in [1.165, 1.54) is 12.1 Å². The van der Waals surface area contributed by atoms with Crippen LogP contribution in [0.15, 0.2) is 60.0 Å². The molecular formula is C30H37F5N2OS. The van der Waals surface area contributed by atoms with Gasteiger partial charge in [-0.1, -0.05) is 48.3 Å². The van der Waals surface area contributed by atoms with Crippen LogP contribution < -0.4 is 0 Å². The lowest BCUT2D eigenvalue weighted by molar-refractivity contribution is -0.137. The van der Waals surface area contributed by atoms with Gasteiger partial charge in [-0.25, -0.2) is 23.6 Å². The molecule has 2 fully saturated rings. The summed E-state index contributed by atoms with van der Waals surface area (Å²) >= 11 is 0. The Bertz CT molecular complexity index is 1300. The van der Waals surface area contributed by atoms with Crippen molar-refractivity contribution in [3.63, 3.8) is 0 Å². The first-order chi connectivity index (χ1) is 18.5. The summed E-state index contributed by atoms with van der Waals surface area (Å²) in [5.74, 6) is 3.31. The van der Waals surface area contributed by atoms with Crippen molar-refractivity contribution in [2.75, 3.05) is 19.6 Å². The summed E-state index contributed by atoms with van der Waals surface area (Å²) in [6.07, 6.45) is -0.436. The molecule has 0 amide bonds. The Hall–Kier alpha value is -2.45. The van der Waals surface area contributed by atoms with E-state index in [9.17, 15) is 22.4 Å². The van der Waals surface area contributed by atoms with Crippen molar-refractivity contribution in [1.29, 1.82) is 0 Å². The van der Waals surface area contributed by atoms with Crippen LogP contribution in [-0.2, 0) is 15.7 Å². The molecule has 0 aliphatic carbocycles. The van der Waals surface area contributed by atoms with Crippen LogP contribution in [0.2, 0.25) is 0 Å². The van der Waals surface area contributed by atoms with E-state index in [2.05, 4.69) is 34.6 Å². The number of piperidine rings is 1. The Balaban J connectivity index is 0.00000205. The van der Waals surface area contributed by atoms with Gasteiger partial charge in [0.25, 0.3) is 0 Å². The van der Waals surface area contributed by atoms with Crippen molar-refractivity contribution in [2.24, 2.45) is 5.92 Å². The van der Waals surface area contributed by atoms with Crippen LogP contribution >= 0.6 is 9.21 Å². The number of hydrogen-bond donors (Lipinski definition) is 0. The lowest BCUT2D eigenvalue weighted by atomic mass is 9.80. The van der Waals surface area contributed by atoms with Crippen molar-refractivity contribution in [2.45, 2.75) is 68.3 Å². The molecule has 2 aromatic rings. The fraction of sp³-hybridized carbons (Fsp3) is 0.467. The fourth-order valence-corrected chi connectivity index (χ4v) is 8.71. The highest BCUT2D eigenvalue weighted by Gasteiger charge is 2.50. The van der Waals surface area contributed by atoms with Crippen LogP contribution in [0.25, 0.3) is 0 Å². The van der Waals surface area contributed by atoms with E-state index in [0.29, 0.717) is 25.4 Å². The van der Waals surface area contributed by atoms with Gasteiger partial charge in [-0.15, -0.1) is 6.58 Å². The normalized spacial score (nSPS) is 25.4. The van der Waals surface area contributed by atoms with E-state index in [-0.39, 0.29) is 22.9 Å². The van der Waals surface area contributed by atoms with E-state index in [4.69, 9.17) is 0 Å². The molecule has 2 aliphatic heterocycles. The lowest BCUT2D eigenvalue weighted by Crippen LogP contribution is -2.61. The van der Waals surface area contributed by atoms with Gasteiger partial charge < -0.3 is 0 Å². The van der Waals surface area contributed by atoms with Gasteiger partial charge in [0.2, 0.25) is 0 Å². The maximum atomic E-state index is 15.5. The molecule has 2 heterocycles. The van der Waals surface area contributed by atoms with Crippen molar-refractivity contribution >= 4 is 20.3 Å². The minimum absolute atomic E-state index is 0.0364. The average molecular weight is 569 g/mol. The van der Waals surface area contributed by atoms with Crippen molar-refractivity contribution < 1.29 is 26.7 Å². The Morgan fingerprint density at radius 1 is 1.15 bits per heavy atom. The molecule has 4 atom stereocenters. The van der Waals surface area contributed by atoms with Gasteiger partial charge in [-0.3, -0.25) is 0 Å².